The van der Waals surface area contributed by atoms with Crippen molar-refractivity contribution in [1.82, 2.24) is 0 Å². The van der Waals surface area contributed by atoms with E-state index < -0.39 is 0 Å². The summed E-state index contributed by atoms with van der Waals surface area (Å²) < 4.78 is 0. The van der Waals surface area contributed by atoms with Crippen LogP contribution in [0.4, 0.5) is 11.4 Å². The predicted molar refractivity (Wildman–Crippen MR) is 94.7 cm³/mol. The summed E-state index contributed by atoms with van der Waals surface area (Å²) in [6.45, 7) is 10.7. The zero-order chi connectivity index (χ0) is 17.2. The van der Waals surface area contributed by atoms with Crippen molar-refractivity contribution in [3.05, 3.63) is 23.8 Å². The van der Waals surface area contributed by atoms with E-state index in [0.717, 1.165) is 30.8 Å². The van der Waals surface area contributed by atoms with Crippen LogP contribution in [0.3, 0.4) is 0 Å². The average molecular weight is 316 g/mol. The number of anilines is 2. The minimum absolute atomic E-state index is 0.00926. The van der Waals surface area contributed by atoms with E-state index in [9.17, 15) is 9.59 Å². The van der Waals surface area contributed by atoms with Gasteiger partial charge in [-0.2, -0.15) is 0 Å². The van der Waals surface area contributed by atoms with Crippen LogP contribution in [0.15, 0.2) is 18.2 Å². The molecule has 0 fully saturated rings. The molecule has 2 amide bonds. The fourth-order valence-corrected chi connectivity index (χ4v) is 2.88. The monoisotopic (exact) mass is 316 g/mol. The second kappa shape index (κ2) is 6.73. The molecule has 0 aliphatic carbocycles. The van der Waals surface area contributed by atoms with Crippen LogP contribution in [0, 0.1) is 11.3 Å². The lowest BCUT2D eigenvalue weighted by Crippen LogP contribution is -2.38. The van der Waals surface area contributed by atoms with Crippen molar-refractivity contribution in [2.45, 2.75) is 53.9 Å². The summed E-state index contributed by atoms with van der Waals surface area (Å²) in [7, 11) is 0. The average Bonchev–Trinajstić information content (AvgIpc) is 2.43. The second-order valence-corrected chi connectivity index (χ2v) is 7.88. The molecule has 1 aromatic carbocycles. The van der Waals surface area contributed by atoms with Gasteiger partial charge in [-0.15, -0.1) is 0 Å². The van der Waals surface area contributed by atoms with E-state index in [1.54, 1.807) is 0 Å². The lowest BCUT2D eigenvalue weighted by atomic mass is 9.92. The zero-order valence-electron chi connectivity index (χ0n) is 14.9. The van der Waals surface area contributed by atoms with Crippen LogP contribution in [0.25, 0.3) is 0 Å². The predicted octanol–water partition coefficient (Wildman–Crippen LogP) is 4.00. The molecular formula is C19H28N2O2. The van der Waals surface area contributed by atoms with Crippen LogP contribution >= 0.6 is 0 Å². The summed E-state index contributed by atoms with van der Waals surface area (Å²) in [6.07, 6.45) is 2.44. The SMILES string of the molecule is CC(C)C(=O)N1CCCc2ccc(NC(=O)CC(C)(C)C)cc21. The topological polar surface area (TPSA) is 49.4 Å². The van der Waals surface area contributed by atoms with Crippen molar-refractivity contribution in [1.29, 1.82) is 0 Å². The number of nitrogens with one attached hydrogen (secondary N) is 1. The number of carbonyl (C=O) groups is 2. The van der Waals surface area contributed by atoms with E-state index in [1.807, 2.05) is 57.7 Å². The first-order chi connectivity index (χ1) is 10.7. The molecular weight excluding hydrogens is 288 g/mol. The standard InChI is InChI=1S/C19H28N2O2/c1-13(2)18(23)21-10-6-7-14-8-9-15(11-16(14)21)20-17(22)12-19(3,4)5/h8-9,11,13H,6-7,10,12H2,1-5H3,(H,20,22). The molecule has 1 heterocycles. The summed E-state index contributed by atoms with van der Waals surface area (Å²) in [5.41, 5.74) is 2.85. The third-order valence-corrected chi connectivity index (χ3v) is 3.94. The highest BCUT2D eigenvalue weighted by atomic mass is 16.2. The summed E-state index contributed by atoms with van der Waals surface area (Å²) in [5, 5.41) is 2.96. The van der Waals surface area contributed by atoms with Gasteiger partial charge in [-0.05, 0) is 36.0 Å². The largest absolute Gasteiger partial charge is 0.326 e. The highest BCUT2D eigenvalue weighted by Gasteiger charge is 2.25. The second-order valence-electron chi connectivity index (χ2n) is 7.88. The first-order valence-electron chi connectivity index (χ1n) is 8.41. The number of fused-ring (bicyclic) bond motifs is 1. The van der Waals surface area contributed by atoms with Gasteiger partial charge in [0.15, 0.2) is 0 Å². The summed E-state index contributed by atoms with van der Waals surface area (Å²) >= 11 is 0. The zero-order valence-corrected chi connectivity index (χ0v) is 14.9. The molecule has 4 heteroatoms. The Balaban J connectivity index is 2.21. The first-order valence-corrected chi connectivity index (χ1v) is 8.41. The first kappa shape index (κ1) is 17.5. The Morgan fingerprint density at radius 2 is 1.96 bits per heavy atom. The van der Waals surface area contributed by atoms with E-state index in [-0.39, 0.29) is 23.1 Å². The normalized spacial score (nSPS) is 14.6. The Labute approximate surface area is 139 Å². The quantitative estimate of drug-likeness (QED) is 0.916. The van der Waals surface area contributed by atoms with E-state index in [0.29, 0.717) is 6.42 Å². The van der Waals surface area contributed by atoms with Gasteiger partial charge in [0.25, 0.3) is 0 Å². The Morgan fingerprint density at radius 3 is 2.57 bits per heavy atom. The lowest BCUT2D eigenvalue weighted by molar-refractivity contribution is -0.121. The molecule has 0 atom stereocenters. The molecule has 0 aromatic heterocycles. The van der Waals surface area contributed by atoms with Crippen molar-refractivity contribution >= 4 is 23.2 Å². The number of amides is 2. The van der Waals surface area contributed by atoms with Gasteiger partial charge in [0.2, 0.25) is 11.8 Å². The number of hydrogen-bond donors (Lipinski definition) is 1. The van der Waals surface area contributed by atoms with Crippen molar-refractivity contribution in [2.75, 3.05) is 16.8 Å². The molecule has 0 saturated heterocycles. The van der Waals surface area contributed by atoms with Crippen LogP contribution in [-0.4, -0.2) is 18.4 Å². The van der Waals surface area contributed by atoms with Crippen LogP contribution in [0.5, 0.6) is 0 Å². The molecule has 1 N–H and O–H groups in total. The van der Waals surface area contributed by atoms with Gasteiger partial charge < -0.3 is 10.2 Å². The maximum atomic E-state index is 12.4. The third-order valence-electron chi connectivity index (χ3n) is 3.94. The lowest BCUT2D eigenvalue weighted by Gasteiger charge is -2.31. The molecule has 4 nitrogen and oxygen atoms in total. The van der Waals surface area contributed by atoms with Crippen LogP contribution in [0.1, 0.15) is 53.0 Å². The van der Waals surface area contributed by atoms with E-state index in [4.69, 9.17) is 0 Å². The molecule has 0 radical (unpaired) electrons. The maximum absolute atomic E-state index is 12.4. The van der Waals surface area contributed by atoms with E-state index in [2.05, 4.69) is 5.32 Å². The molecule has 0 bridgehead atoms. The van der Waals surface area contributed by atoms with Crippen LogP contribution in [0.2, 0.25) is 0 Å². The molecule has 126 valence electrons. The number of rotatable bonds is 3. The molecule has 1 aliphatic heterocycles. The molecule has 0 unspecified atom stereocenters. The van der Waals surface area contributed by atoms with Crippen LogP contribution < -0.4 is 10.2 Å². The van der Waals surface area contributed by atoms with Gasteiger partial charge in [-0.1, -0.05) is 40.7 Å². The number of carbonyl (C=O) groups excluding carboxylic acids is 2. The highest BCUT2D eigenvalue weighted by Crippen LogP contribution is 2.31. The van der Waals surface area contributed by atoms with Crippen molar-refractivity contribution in [2.24, 2.45) is 11.3 Å². The third kappa shape index (κ3) is 4.57. The maximum Gasteiger partial charge on any atom is 0.229 e. The van der Waals surface area contributed by atoms with Crippen molar-refractivity contribution < 1.29 is 9.59 Å². The van der Waals surface area contributed by atoms with Crippen molar-refractivity contribution in [3.63, 3.8) is 0 Å². The highest BCUT2D eigenvalue weighted by molar-refractivity contribution is 5.97. The van der Waals surface area contributed by atoms with Gasteiger partial charge in [0.05, 0.1) is 0 Å². The molecule has 1 aliphatic rings. The van der Waals surface area contributed by atoms with Gasteiger partial charge >= 0.3 is 0 Å². The fraction of sp³-hybridized carbons (Fsp3) is 0.579. The minimum Gasteiger partial charge on any atom is -0.326 e. The number of nitrogens with zero attached hydrogens (tertiary/aromatic N) is 1. The smallest absolute Gasteiger partial charge is 0.229 e. The van der Waals surface area contributed by atoms with E-state index in [1.165, 1.54) is 5.56 Å². The van der Waals surface area contributed by atoms with Gasteiger partial charge in [-0.3, -0.25) is 9.59 Å². The Morgan fingerprint density at radius 1 is 1.26 bits per heavy atom. The Bertz CT molecular complexity index is 600. The Kier molecular flexibility index (Phi) is 5.12. The van der Waals surface area contributed by atoms with Gasteiger partial charge in [-0.25, -0.2) is 0 Å². The fourth-order valence-electron chi connectivity index (χ4n) is 2.88. The molecule has 0 saturated carbocycles. The van der Waals surface area contributed by atoms with Gasteiger partial charge in [0.1, 0.15) is 0 Å². The Hall–Kier alpha value is -1.84. The van der Waals surface area contributed by atoms with E-state index >= 15 is 0 Å². The number of hydrogen-bond acceptors (Lipinski definition) is 2. The molecule has 23 heavy (non-hydrogen) atoms. The summed E-state index contributed by atoms with van der Waals surface area (Å²) in [5.74, 6) is 0.124. The summed E-state index contributed by atoms with van der Waals surface area (Å²) in [4.78, 5) is 26.4. The molecule has 2 rings (SSSR count). The molecule has 0 spiro atoms. The number of aryl methyl sites for hydroxylation is 1. The molecule has 1 aromatic rings. The van der Waals surface area contributed by atoms with Crippen molar-refractivity contribution in [3.8, 4) is 0 Å². The van der Waals surface area contributed by atoms with Gasteiger partial charge in [0, 0.05) is 30.3 Å². The minimum atomic E-state index is -0.0437. The number of benzene rings is 1. The summed E-state index contributed by atoms with van der Waals surface area (Å²) in [6, 6.07) is 5.90. The van der Waals surface area contributed by atoms with Crippen LogP contribution in [-0.2, 0) is 16.0 Å².